The zero-order chi connectivity index (χ0) is 14.6. The zero-order valence-electron chi connectivity index (χ0n) is 11.6. The molecule has 3 heteroatoms. The van der Waals surface area contributed by atoms with Gasteiger partial charge in [-0.05, 0) is 36.4 Å². The van der Waals surface area contributed by atoms with Crippen molar-refractivity contribution < 1.29 is 0 Å². The van der Waals surface area contributed by atoms with E-state index in [2.05, 4.69) is 27.1 Å². The van der Waals surface area contributed by atoms with Gasteiger partial charge in [0.05, 0.1) is 5.52 Å². The first-order valence-electron chi connectivity index (χ1n) is 6.69. The second-order valence-corrected chi connectivity index (χ2v) is 4.11. The van der Waals surface area contributed by atoms with Crippen molar-refractivity contribution >= 4 is 10.9 Å². The van der Waals surface area contributed by atoms with E-state index in [4.69, 9.17) is 0 Å². The van der Waals surface area contributed by atoms with E-state index in [0.717, 1.165) is 5.52 Å². The predicted octanol–water partition coefficient (Wildman–Crippen LogP) is 4.33. The summed E-state index contributed by atoms with van der Waals surface area (Å²) in [5, 5.41) is 1.20. The number of hydrogen-bond acceptors (Lipinski definition) is 2. The van der Waals surface area contributed by atoms with Crippen LogP contribution in [0.5, 0.6) is 0 Å². The van der Waals surface area contributed by atoms with Crippen molar-refractivity contribution in [2.75, 3.05) is 0 Å². The molecule has 0 fully saturated rings. The maximum atomic E-state index is 4.18. The molecular weight excluding hydrogens is 258 g/mol. The zero-order valence-corrected chi connectivity index (χ0v) is 11.6. The van der Waals surface area contributed by atoms with Gasteiger partial charge in [0.25, 0.3) is 0 Å². The summed E-state index contributed by atoms with van der Waals surface area (Å²) in [7, 11) is 0. The van der Waals surface area contributed by atoms with Crippen LogP contribution in [-0.4, -0.2) is 15.0 Å². The standard InChI is InChI=1S/C9H7N.C5H5N.C4H5N/c1-2-6-9-8(4-1)5-3-7-10-9;1-2-4-6-5-3-1;1-2-4-5-3-1/h1-7H;1-5H;1-5H. The highest BCUT2D eigenvalue weighted by Crippen LogP contribution is 2.07. The van der Waals surface area contributed by atoms with Crippen LogP contribution in [0.4, 0.5) is 0 Å². The minimum atomic E-state index is 1.06. The molecule has 0 aliphatic rings. The Morgan fingerprint density at radius 2 is 1.33 bits per heavy atom. The topological polar surface area (TPSA) is 41.6 Å². The average molecular weight is 275 g/mol. The van der Waals surface area contributed by atoms with Crippen molar-refractivity contribution in [3.05, 3.63) is 97.7 Å². The smallest absolute Gasteiger partial charge is 0.0701 e. The fourth-order valence-corrected chi connectivity index (χ4v) is 1.61. The summed E-state index contributed by atoms with van der Waals surface area (Å²) in [6, 6.07) is 21.7. The molecule has 4 aromatic rings. The maximum absolute atomic E-state index is 4.18. The summed E-state index contributed by atoms with van der Waals surface area (Å²) >= 11 is 0. The van der Waals surface area contributed by atoms with Crippen LogP contribution in [0.15, 0.2) is 97.7 Å². The van der Waals surface area contributed by atoms with E-state index in [1.165, 1.54) is 5.39 Å². The van der Waals surface area contributed by atoms with Crippen molar-refractivity contribution in [2.45, 2.75) is 0 Å². The molecular formula is C18H17N3. The summed E-state index contributed by atoms with van der Waals surface area (Å²) in [5.41, 5.74) is 1.06. The molecule has 3 aromatic heterocycles. The van der Waals surface area contributed by atoms with Crippen LogP contribution in [0, 0.1) is 0 Å². The molecule has 0 amide bonds. The summed E-state index contributed by atoms with van der Waals surface area (Å²) in [6.45, 7) is 0. The first kappa shape index (κ1) is 14.5. The van der Waals surface area contributed by atoms with Crippen LogP contribution >= 0.6 is 0 Å². The van der Waals surface area contributed by atoms with Gasteiger partial charge in [0.15, 0.2) is 0 Å². The molecule has 4 rings (SSSR count). The van der Waals surface area contributed by atoms with Gasteiger partial charge in [-0.25, -0.2) is 0 Å². The molecule has 0 radical (unpaired) electrons. The lowest BCUT2D eigenvalue weighted by atomic mass is 10.2. The molecule has 0 saturated heterocycles. The first-order chi connectivity index (χ1) is 10.5. The van der Waals surface area contributed by atoms with Crippen molar-refractivity contribution in [1.29, 1.82) is 0 Å². The van der Waals surface area contributed by atoms with Crippen molar-refractivity contribution in [1.82, 2.24) is 15.0 Å². The largest absolute Gasteiger partial charge is 0.368 e. The number of rotatable bonds is 0. The predicted molar refractivity (Wildman–Crippen MR) is 86.8 cm³/mol. The highest BCUT2D eigenvalue weighted by Gasteiger charge is 1.86. The number of aromatic amines is 1. The molecule has 0 atom stereocenters. The molecule has 104 valence electrons. The Morgan fingerprint density at radius 3 is 1.86 bits per heavy atom. The van der Waals surface area contributed by atoms with Gasteiger partial charge in [0.1, 0.15) is 0 Å². The fourth-order valence-electron chi connectivity index (χ4n) is 1.61. The van der Waals surface area contributed by atoms with Crippen LogP contribution in [0.3, 0.4) is 0 Å². The number of fused-ring (bicyclic) bond motifs is 1. The Hall–Kier alpha value is -2.94. The number of nitrogens with one attached hydrogen (secondary N) is 1. The molecule has 0 saturated carbocycles. The van der Waals surface area contributed by atoms with E-state index in [9.17, 15) is 0 Å². The number of nitrogens with zero attached hydrogens (tertiary/aromatic N) is 2. The van der Waals surface area contributed by atoms with Crippen molar-refractivity contribution in [3.63, 3.8) is 0 Å². The summed E-state index contributed by atoms with van der Waals surface area (Å²) in [6.07, 6.45) is 9.06. The minimum Gasteiger partial charge on any atom is -0.368 e. The summed E-state index contributed by atoms with van der Waals surface area (Å²) in [5.74, 6) is 0. The van der Waals surface area contributed by atoms with Crippen LogP contribution in [-0.2, 0) is 0 Å². The Morgan fingerprint density at radius 1 is 0.619 bits per heavy atom. The number of H-pyrrole nitrogens is 1. The van der Waals surface area contributed by atoms with Gasteiger partial charge in [-0.3, -0.25) is 9.97 Å². The lowest BCUT2D eigenvalue weighted by Gasteiger charge is -1.91. The number of pyridine rings is 2. The monoisotopic (exact) mass is 275 g/mol. The number of para-hydroxylation sites is 1. The molecule has 3 heterocycles. The number of aromatic nitrogens is 3. The van der Waals surface area contributed by atoms with Gasteiger partial charge in [0, 0.05) is 36.4 Å². The third kappa shape index (κ3) is 5.70. The Balaban J connectivity index is 0.000000126. The van der Waals surface area contributed by atoms with E-state index >= 15 is 0 Å². The van der Waals surface area contributed by atoms with Gasteiger partial charge in [-0.2, -0.15) is 0 Å². The Bertz CT molecular complexity index is 597. The van der Waals surface area contributed by atoms with Crippen LogP contribution in [0.25, 0.3) is 10.9 Å². The molecule has 0 aliphatic carbocycles. The molecule has 0 unspecified atom stereocenters. The number of hydrogen-bond donors (Lipinski definition) is 1. The Kier molecular flexibility index (Phi) is 6.23. The fraction of sp³-hybridized carbons (Fsp3) is 0. The lowest BCUT2D eigenvalue weighted by Crippen LogP contribution is -1.73. The maximum Gasteiger partial charge on any atom is 0.0701 e. The molecule has 3 nitrogen and oxygen atoms in total. The second-order valence-electron chi connectivity index (χ2n) is 4.11. The van der Waals surface area contributed by atoms with Crippen LogP contribution < -0.4 is 0 Å². The molecule has 21 heavy (non-hydrogen) atoms. The molecule has 1 aromatic carbocycles. The van der Waals surface area contributed by atoms with Gasteiger partial charge >= 0.3 is 0 Å². The van der Waals surface area contributed by atoms with Gasteiger partial charge in [-0.1, -0.05) is 30.3 Å². The van der Waals surface area contributed by atoms with E-state index in [-0.39, 0.29) is 0 Å². The third-order valence-corrected chi connectivity index (χ3v) is 2.57. The van der Waals surface area contributed by atoms with E-state index in [1.54, 1.807) is 12.4 Å². The first-order valence-corrected chi connectivity index (χ1v) is 6.69. The molecule has 1 N–H and O–H groups in total. The quantitative estimate of drug-likeness (QED) is 0.519. The van der Waals surface area contributed by atoms with E-state index in [0.29, 0.717) is 0 Å². The van der Waals surface area contributed by atoms with Gasteiger partial charge in [0.2, 0.25) is 0 Å². The van der Waals surface area contributed by atoms with Gasteiger partial charge in [-0.15, -0.1) is 0 Å². The second kappa shape index (κ2) is 9.04. The number of benzene rings is 1. The van der Waals surface area contributed by atoms with E-state index in [1.807, 2.05) is 73.2 Å². The SMILES string of the molecule is c1cc[nH]c1.c1ccc2ncccc2c1.c1ccncc1. The lowest BCUT2D eigenvalue weighted by molar-refractivity contribution is 1.33. The highest BCUT2D eigenvalue weighted by molar-refractivity contribution is 5.77. The van der Waals surface area contributed by atoms with Crippen LogP contribution in [0.2, 0.25) is 0 Å². The summed E-state index contributed by atoms with van der Waals surface area (Å²) < 4.78 is 0. The minimum absolute atomic E-state index is 1.06. The average Bonchev–Trinajstić information content (AvgIpc) is 3.17. The van der Waals surface area contributed by atoms with Crippen LogP contribution in [0.1, 0.15) is 0 Å². The molecule has 0 bridgehead atoms. The third-order valence-electron chi connectivity index (χ3n) is 2.57. The van der Waals surface area contributed by atoms with Gasteiger partial charge < -0.3 is 4.98 Å². The normalized spacial score (nSPS) is 8.95. The van der Waals surface area contributed by atoms with Crippen molar-refractivity contribution in [2.24, 2.45) is 0 Å². The molecule has 0 aliphatic heterocycles. The Labute approximate surface area is 124 Å². The molecule has 0 spiro atoms. The highest BCUT2D eigenvalue weighted by atomic mass is 14.6. The summed E-state index contributed by atoms with van der Waals surface area (Å²) in [4.78, 5) is 10.8. The van der Waals surface area contributed by atoms with E-state index < -0.39 is 0 Å². The van der Waals surface area contributed by atoms with Crippen molar-refractivity contribution in [3.8, 4) is 0 Å².